The van der Waals surface area contributed by atoms with Gasteiger partial charge in [-0.3, -0.25) is 4.79 Å². The van der Waals surface area contributed by atoms with Gasteiger partial charge in [0.1, 0.15) is 11.6 Å². The number of nitrogens with zero attached hydrogens (tertiary/aromatic N) is 3. The highest BCUT2D eigenvalue weighted by atomic mass is 79.9. The van der Waals surface area contributed by atoms with E-state index in [-0.39, 0.29) is 23.7 Å². The summed E-state index contributed by atoms with van der Waals surface area (Å²) in [5.41, 5.74) is 2.89. The number of amidine groups is 1. The molecule has 37 heavy (non-hydrogen) atoms. The molecule has 1 heterocycles. The number of carbonyl (C=O) groups excluding carboxylic acids is 1. The Labute approximate surface area is 228 Å². The number of aliphatic carboxylic acids is 1. The number of carboxylic acids is 1. The molecule has 0 radical (unpaired) electrons. The molecule has 0 saturated carbocycles. The van der Waals surface area contributed by atoms with Crippen molar-refractivity contribution in [3.8, 4) is 5.75 Å². The third-order valence-electron chi connectivity index (χ3n) is 6.79. The Hall–Kier alpha value is -2.87. The van der Waals surface area contributed by atoms with Crippen molar-refractivity contribution in [3.63, 3.8) is 0 Å². The number of hydrogen-bond donors (Lipinski definition) is 1. The van der Waals surface area contributed by atoms with Crippen LogP contribution in [-0.4, -0.2) is 61.4 Å². The van der Waals surface area contributed by atoms with Gasteiger partial charge in [0.2, 0.25) is 0 Å². The van der Waals surface area contributed by atoms with Gasteiger partial charge in [0.25, 0.3) is 0 Å². The van der Waals surface area contributed by atoms with E-state index in [0.29, 0.717) is 22.9 Å². The Bertz CT molecular complexity index is 1140. The van der Waals surface area contributed by atoms with Gasteiger partial charge in [-0.15, -0.1) is 0 Å². The fraction of sp³-hybridized carbons (Fsp3) is 0.483. The molecule has 3 rings (SSSR count). The summed E-state index contributed by atoms with van der Waals surface area (Å²) in [5.74, 6) is 0.801. The lowest BCUT2D eigenvalue weighted by molar-refractivity contribution is -0.139. The first kappa shape index (κ1) is 28.7. The van der Waals surface area contributed by atoms with Crippen LogP contribution < -0.4 is 9.64 Å². The lowest BCUT2D eigenvalue weighted by Gasteiger charge is -2.28. The lowest BCUT2D eigenvalue weighted by atomic mass is 9.84. The molecule has 1 N–H and O–H groups in total. The van der Waals surface area contributed by atoms with E-state index < -0.39 is 12.6 Å². The van der Waals surface area contributed by atoms with Crippen LogP contribution in [0.25, 0.3) is 0 Å². The van der Waals surface area contributed by atoms with E-state index in [9.17, 15) is 14.7 Å². The molecule has 0 bridgehead atoms. The maximum absolute atomic E-state index is 13.7. The second-order valence-corrected chi connectivity index (χ2v) is 11.2. The topological polar surface area (TPSA) is 82.4 Å². The van der Waals surface area contributed by atoms with Gasteiger partial charge in [0, 0.05) is 37.7 Å². The summed E-state index contributed by atoms with van der Waals surface area (Å²) in [7, 11) is 3.72. The van der Waals surface area contributed by atoms with E-state index in [2.05, 4.69) is 44.1 Å². The third-order valence-corrected chi connectivity index (χ3v) is 7.15. The van der Waals surface area contributed by atoms with E-state index in [4.69, 9.17) is 4.74 Å². The first-order valence-corrected chi connectivity index (χ1v) is 13.4. The van der Waals surface area contributed by atoms with Crippen molar-refractivity contribution >= 4 is 39.4 Å². The number of carbonyl (C=O) groups is 2. The van der Waals surface area contributed by atoms with Gasteiger partial charge < -0.3 is 19.6 Å². The Balaban J connectivity index is 1.98. The molecule has 2 aromatic rings. The number of rotatable bonds is 10. The number of hydrogen-bond acceptors (Lipinski definition) is 5. The van der Waals surface area contributed by atoms with Crippen molar-refractivity contribution in [2.24, 2.45) is 9.94 Å². The van der Waals surface area contributed by atoms with Gasteiger partial charge >= 0.3 is 5.97 Å². The Kier molecular flexibility index (Phi) is 9.40. The standard InChI is InChI=1S/C29H38BrN3O4/c1-7-11-20-16-33(28(31-30)26(20)19-12-9-8-10-13-19)17-24(34)21-14-22(29(2,3)4)27(37-18-25(35)36)23(15-21)32(5)6/h8-10,12-15,20,26H,7,11,16-18H2,1-6H3,(H,35,36)/t20-,26+/m0/s1. The second kappa shape index (κ2) is 12.1. The van der Waals surface area contributed by atoms with Crippen LogP contribution in [0.5, 0.6) is 5.75 Å². The Morgan fingerprint density at radius 3 is 2.41 bits per heavy atom. The quantitative estimate of drug-likeness (QED) is 0.356. The highest BCUT2D eigenvalue weighted by molar-refractivity contribution is 9.08. The van der Waals surface area contributed by atoms with Gasteiger partial charge in [-0.1, -0.05) is 64.4 Å². The number of carboxylic acid groups (broad SMARTS) is 1. The number of ether oxygens (including phenoxy) is 1. The highest BCUT2D eigenvalue weighted by Gasteiger charge is 2.39. The van der Waals surface area contributed by atoms with Crippen LogP contribution in [0.1, 0.15) is 67.9 Å². The van der Waals surface area contributed by atoms with Crippen LogP contribution in [0.2, 0.25) is 0 Å². The molecular formula is C29H38BrN3O4. The number of halogens is 1. The molecule has 0 aromatic heterocycles. The first-order valence-electron chi connectivity index (χ1n) is 12.7. The summed E-state index contributed by atoms with van der Waals surface area (Å²) in [6.45, 7) is 8.79. The molecule has 200 valence electrons. The van der Waals surface area contributed by atoms with Crippen LogP contribution in [0.4, 0.5) is 5.69 Å². The van der Waals surface area contributed by atoms with E-state index in [1.54, 1.807) is 6.07 Å². The molecule has 2 atom stereocenters. The van der Waals surface area contributed by atoms with Crippen molar-refractivity contribution in [1.82, 2.24) is 4.90 Å². The average molecular weight is 573 g/mol. The summed E-state index contributed by atoms with van der Waals surface area (Å²) in [5, 5.41) is 9.20. The fourth-order valence-corrected chi connectivity index (χ4v) is 5.51. The minimum absolute atomic E-state index is 0.0176. The monoisotopic (exact) mass is 571 g/mol. The molecule has 1 saturated heterocycles. The summed E-state index contributed by atoms with van der Waals surface area (Å²) in [4.78, 5) is 28.9. The fourth-order valence-electron chi connectivity index (χ4n) is 5.07. The largest absolute Gasteiger partial charge is 0.479 e. The first-order chi connectivity index (χ1) is 17.5. The summed E-state index contributed by atoms with van der Waals surface area (Å²) in [6.07, 6.45) is 2.11. The van der Waals surface area contributed by atoms with Gasteiger partial charge in [0.15, 0.2) is 12.4 Å². The van der Waals surface area contributed by atoms with Gasteiger partial charge in [-0.05, 0) is 35.4 Å². The summed E-state index contributed by atoms with van der Waals surface area (Å²) in [6, 6.07) is 14.0. The van der Waals surface area contributed by atoms with Crippen LogP contribution in [0, 0.1) is 5.92 Å². The average Bonchev–Trinajstić information content (AvgIpc) is 3.18. The molecule has 1 aliphatic rings. The van der Waals surface area contributed by atoms with E-state index in [1.807, 2.05) is 64.0 Å². The van der Waals surface area contributed by atoms with Crippen molar-refractivity contribution in [2.45, 2.75) is 51.9 Å². The van der Waals surface area contributed by atoms with Gasteiger partial charge in [-0.2, -0.15) is 4.02 Å². The molecule has 0 amide bonds. The van der Waals surface area contributed by atoms with E-state index >= 15 is 0 Å². The zero-order valence-corrected chi connectivity index (χ0v) is 24.2. The molecule has 0 unspecified atom stereocenters. The Morgan fingerprint density at radius 2 is 1.86 bits per heavy atom. The maximum Gasteiger partial charge on any atom is 0.341 e. The van der Waals surface area contributed by atoms with Crippen LogP contribution in [-0.2, 0) is 10.2 Å². The van der Waals surface area contributed by atoms with E-state index in [0.717, 1.165) is 30.8 Å². The molecule has 2 aromatic carbocycles. The predicted molar refractivity (Wildman–Crippen MR) is 152 cm³/mol. The Morgan fingerprint density at radius 1 is 1.19 bits per heavy atom. The normalized spacial score (nSPS) is 18.8. The summed E-state index contributed by atoms with van der Waals surface area (Å²) < 4.78 is 10.2. The smallest absolute Gasteiger partial charge is 0.341 e. The molecule has 1 fully saturated rings. The van der Waals surface area contributed by atoms with Crippen LogP contribution in [0.3, 0.4) is 0 Å². The minimum Gasteiger partial charge on any atom is -0.479 e. The van der Waals surface area contributed by atoms with Gasteiger partial charge in [-0.25, -0.2) is 4.79 Å². The highest BCUT2D eigenvalue weighted by Crippen LogP contribution is 2.41. The van der Waals surface area contributed by atoms with Crippen LogP contribution >= 0.6 is 16.1 Å². The maximum atomic E-state index is 13.7. The van der Waals surface area contributed by atoms with Crippen molar-refractivity contribution in [1.29, 1.82) is 0 Å². The zero-order valence-electron chi connectivity index (χ0n) is 22.6. The SMILES string of the molecule is CCC[C@H]1CN(CC(=O)c2cc(N(C)C)c(OCC(=O)O)c(C(C)(C)C)c2)C(=NBr)[C@@H]1c1ccccc1. The zero-order chi connectivity index (χ0) is 27.3. The molecular weight excluding hydrogens is 534 g/mol. The number of anilines is 1. The molecule has 7 nitrogen and oxygen atoms in total. The van der Waals surface area contributed by atoms with Gasteiger partial charge in [0.05, 0.1) is 28.4 Å². The summed E-state index contributed by atoms with van der Waals surface area (Å²) >= 11 is 3.35. The van der Waals surface area contributed by atoms with E-state index in [1.165, 1.54) is 5.56 Å². The molecule has 1 aliphatic heterocycles. The number of Topliss-reactive ketones (excluding diaryl/α,β-unsaturated/α-hetero) is 1. The minimum atomic E-state index is -1.05. The third kappa shape index (κ3) is 6.72. The second-order valence-electron chi connectivity index (χ2n) is 10.9. The van der Waals surface area contributed by atoms with Crippen molar-refractivity contribution in [2.75, 3.05) is 38.7 Å². The number of ketones is 1. The molecule has 8 heteroatoms. The van der Waals surface area contributed by atoms with Crippen molar-refractivity contribution < 1.29 is 19.4 Å². The van der Waals surface area contributed by atoms with Crippen molar-refractivity contribution in [3.05, 3.63) is 59.2 Å². The lowest BCUT2D eigenvalue weighted by Crippen LogP contribution is -2.32. The molecule has 0 aliphatic carbocycles. The van der Waals surface area contributed by atoms with Crippen LogP contribution in [0.15, 0.2) is 46.5 Å². The number of likely N-dealkylation sites (tertiary alicyclic amines) is 1. The predicted octanol–water partition coefficient (Wildman–Crippen LogP) is 5.92. The number of benzene rings is 2. The molecule has 0 spiro atoms.